The number of nitrogens with one attached hydrogen (secondary N) is 2. The van der Waals surface area contributed by atoms with E-state index in [0.29, 0.717) is 30.8 Å². The van der Waals surface area contributed by atoms with Gasteiger partial charge in [-0.2, -0.15) is 0 Å². The van der Waals surface area contributed by atoms with Crippen LogP contribution in [0.25, 0.3) is 0 Å². The van der Waals surface area contributed by atoms with Crippen LogP contribution in [0.3, 0.4) is 0 Å². The van der Waals surface area contributed by atoms with Gasteiger partial charge in [0.15, 0.2) is 6.61 Å². The van der Waals surface area contributed by atoms with E-state index < -0.39 is 23.4 Å². The Morgan fingerprint density at radius 3 is 2.55 bits per heavy atom. The lowest BCUT2D eigenvalue weighted by Crippen LogP contribution is -2.44. The van der Waals surface area contributed by atoms with Gasteiger partial charge in [-0.05, 0) is 37.0 Å². The van der Waals surface area contributed by atoms with Crippen LogP contribution in [0.2, 0.25) is 5.02 Å². The molecule has 9 heteroatoms. The zero-order valence-corrected chi connectivity index (χ0v) is 16.8. The number of rotatable bonds is 8. The van der Waals surface area contributed by atoms with Crippen molar-refractivity contribution in [1.82, 2.24) is 15.5 Å². The molecule has 1 aliphatic carbocycles. The highest BCUT2D eigenvalue weighted by molar-refractivity contribution is 6.30. The summed E-state index contributed by atoms with van der Waals surface area (Å²) in [4.78, 5) is 49.3. The van der Waals surface area contributed by atoms with E-state index in [-0.39, 0.29) is 25.5 Å². The summed E-state index contributed by atoms with van der Waals surface area (Å²) in [5.74, 6) is -1.16. The lowest BCUT2D eigenvalue weighted by Gasteiger charge is -2.19. The maximum absolute atomic E-state index is 12.5. The molecule has 4 amide bonds. The van der Waals surface area contributed by atoms with Crippen molar-refractivity contribution >= 4 is 35.4 Å². The highest BCUT2D eigenvalue weighted by Gasteiger charge is 2.52. The number of halogens is 1. The van der Waals surface area contributed by atoms with Gasteiger partial charge in [0, 0.05) is 24.5 Å². The van der Waals surface area contributed by atoms with Crippen molar-refractivity contribution in [3.63, 3.8) is 0 Å². The summed E-state index contributed by atoms with van der Waals surface area (Å²) in [6.45, 7) is 0.0877. The van der Waals surface area contributed by atoms with Crippen LogP contribution in [-0.2, 0) is 25.7 Å². The standard InChI is InChI=1S/C20H24ClN3O5/c21-15-7-5-14(6-8-15)12-22-16(25)13-29-17(26)4-3-11-24-18(27)20(23-19(24)28)9-1-2-10-20/h5-8H,1-4,9-13H2,(H,22,25)(H,23,28). The van der Waals surface area contributed by atoms with E-state index in [4.69, 9.17) is 16.3 Å². The molecule has 1 aromatic rings. The van der Waals surface area contributed by atoms with Crippen molar-refractivity contribution < 1.29 is 23.9 Å². The van der Waals surface area contributed by atoms with Crippen LogP contribution >= 0.6 is 11.6 Å². The van der Waals surface area contributed by atoms with Crippen LogP contribution in [0.5, 0.6) is 0 Å². The third-order valence-corrected chi connectivity index (χ3v) is 5.48. The van der Waals surface area contributed by atoms with Crippen LogP contribution < -0.4 is 10.6 Å². The minimum atomic E-state index is -0.736. The molecule has 0 radical (unpaired) electrons. The third kappa shape index (κ3) is 5.26. The number of imide groups is 1. The van der Waals surface area contributed by atoms with Crippen LogP contribution in [0.15, 0.2) is 24.3 Å². The zero-order chi connectivity index (χ0) is 20.9. The second-order valence-corrected chi connectivity index (χ2v) is 7.78. The van der Waals surface area contributed by atoms with Gasteiger partial charge in [-0.15, -0.1) is 0 Å². The van der Waals surface area contributed by atoms with Crippen molar-refractivity contribution in [2.75, 3.05) is 13.2 Å². The van der Waals surface area contributed by atoms with E-state index in [2.05, 4.69) is 10.6 Å². The van der Waals surface area contributed by atoms with Gasteiger partial charge in [0.05, 0.1) is 0 Å². The van der Waals surface area contributed by atoms with Gasteiger partial charge in [-0.1, -0.05) is 36.6 Å². The number of urea groups is 1. The maximum Gasteiger partial charge on any atom is 0.325 e. The van der Waals surface area contributed by atoms with Crippen LogP contribution in [-0.4, -0.2) is 47.4 Å². The predicted octanol–water partition coefficient (Wildman–Crippen LogP) is 2.14. The molecule has 8 nitrogen and oxygen atoms in total. The SMILES string of the molecule is O=C(COC(=O)CCCN1C(=O)NC2(CCCC2)C1=O)NCc1ccc(Cl)cc1. The van der Waals surface area contributed by atoms with E-state index >= 15 is 0 Å². The molecule has 29 heavy (non-hydrogen) atoms. The Bertz CT molecular complexity index is 790. The average Bonchev–Trinajstić information content (AvgIpc) is 3.26. The molecule has 0 atom stereocenters. The molecule has 156 valence electrons. The molecule has 2 fully saturated rings. The van der Waals surface area contributed by atoms with Crippen LogP contribution in [0, 0.1) is 0 Å². The lowest BCUT2D eigenvalue weighted by atomic mass is 9.98. The summed E-state index contributed by atoms with van der Waals surface area (Å²) < 4.78 is 4.95. The molecule has 2 N–H and O–H groups in total. The number of esters is 1. The first-order valence-electron chi connectivity index (χ1n) is 9.70. The Morgan fingerprint density at radius 1 is 1.17 bits per heavy atom. The Morgan fingerprint density at radius 2 is 1.86 bits per heavy atom. The molecule has 1 aromatic carbocycles. The summed E-state index contributed by atoms with van der Waals surface area (Å²) in [5.41, 5.74) is 0.141. The molecule has 2 aliphatic rings. The molecular formula is C20H24ClN3O5. The monoisotopic (exact) mass is 421 g/mol. The summed E-state index contributed by atoms with van der Waals surface area (Å²) in [7, 11) is 0. The summed E-state index contributed by atoms with van der Waals surface area (Å²) in [5, 5.41) is 6.06. The topological polar surface area (TPSA) is 105 Å². The van der Waals surface area contributed by atoms with E-state index in [1.165, 1.54) is 4.90 Å². The molecule has 0 unspecified atom stereocenters. The normalized spacial score (nSPS) is 17.5. The zero-order valence-electron chi connectivity index (χ0n) is 16.0. The van der Waals surface area contributed by atoms with E-state index in [9.17, 15) is 19.2 Å². The van der Waals surface area contributed by atoms with Crippen LogP contribution in [0.1, 0.15) is 44.1 Å². The number of benzene rings is 1. The molecule has 1 spiro atoms. The first-order chi connectivity index (χ1) is 13.9. The van der Waals surface area contributed by atoms with Gasteiger partial charge in [0.25, 0.3) is 11.8 Å². The first kappa shape index (κ1) is 21.1. The quantitative estimate of drug-likeness (QED) is 0.494. The fourth-order valence-corrected chi connectivity index (χ4v) is 3.78. The highest BCUT2D eigenvalue weighted by Crippen LogP contribution is 2.35. The molecule has 3 rings (SSSR count). The second-order valence-electron chi connectivity index (χ2n) is 7.34. The van der Waals surface area contributed by atoms with Crippen molar-refractivity contribution in [2.24, 2.45) is 0 Å². The van der Waals surface area contributed by atoms with E-state index in [1.54, 1.807) is 24.3 Å². The van der Waals surface area contributed by atoms with Gasteiger partial charge in [0.2, 0.25) is 0 Å². The summed E-state index contributed by atoms with van der Waals surface area (Å²) >= 11 is 5.80. The van der Waals surface area contributed by atoms with Gasteiger partial charge in [-0.25, -0.2) is 4.79 Å². The first-order valence-corrected chi connectivity index (χ1v) is 10.1. The number of hydrogen-bond donors (Lipinski definition) is 2. The molecule has 0 bridgehead atoms. The molecule has 0 aromatic heterocycles. The minimum Gasteiger partial charge on any atom is -0.456 e. The number of amides is 4. The second kappa shape index (κ2) is 9.26. The predicted molar refractivity (Wildman–Crippen MR) is 105 cm³/mol. The van der Waals surface area contributed by atoms with Gasteiger partial charge in [-0.3, -0.25) is 19.3 Å². The van der Waals surface area contributed by atoms with Gasteiger partial charge in [0.1, 0.15) is 5.54 Å². The van der Waals surface area contributed by atoms with Gasteiger partial charge >= 0.3 is 12.0 Å². The number of carbonyl (C=O) groups is 4. The van der Waals surface area contributed by atoms with Crippen LogP contribution in [0.4, 0.5) is 4.79 Å². The number of hydrogen-bond acceptors (Lipinski definition) is 5. The Balaban J connectivity index is 1.33. The largest absolute Gasteiger partial charge is 0.456 e. The van der Waals surface area contributed by atoms with Crippen molar-refractivity contribution in [1.29, 1.82) is 0 Å². The average molecular weight is 422 g/mol. The number of ether oxygens (including phenoxy) is 1. The van der Waals surface area contributed by atoms with Crippen molar-refractivity contribution in [2.45, 2.75) is 50.6 Å². The number of nitrogens with zero attached hydrogens (tertiary/aromatic N) is 1. The van der Waals surface area contributed by atoms with Crippen molar-refractivity contribution in [3.8, 4) is 0 Å². The van der Waals surface area contributed by atoms with E-state index in [1.807, 2.05) is 0 Å². The molecule has 1 aliphatic heterocycles. The third-order valence-electron chi connectivity index (χ3n) is 5.23. The molecule has 1 saturated heterocycles. The minimum absolute atomic E-state index is 0.0223. The van der Waals surface area contributed by atoms with Gasteiger partial charge < -0.3 is 15.4 Å². The molecule has 1 saturated carbocycles. The maximum atomic E-state index is 12.5. The van der Waals surface area contributed by atoms with E-state index in [0.717, 1.165) is 18.4 Å². The molecule has 1 heterocycles. The van der Waals surface area contributed by atoms with Crippen molar-refractivity contribution in [3.05, 3.63) is 34.9 Å². The fourth-order valence-electron chi connectivity index (χ4n) is 3.65. The summed E-state index contributed by atoms with van der Waals surface area (Å²) in [6.07, 6.45) is 3.50. The summed E-state index contributed by atoms with van der Waals surface area (Å²) in [6, 6.07) is 6.64. The molecular weight excluding hydrogens is 398 g/mol. The Labute approximate surface area is 173 Å². The lowest BCUT2D eigenvalue weighted by molar-refractivity contribution is -0.148. The smallest absolute Gasteiger partial charge is 0.325 e. The highest BCUT2D eigenvalue weighted by atomic mass is 35.5. The Kier molecular flexibility index (Phi) is 6.74. The number of carbonyl (C=O) groups excluding carboxylic acids is 4. The Hall–Kier alpha value is -2.61. The fraction of sp³-hybridized carbons (Fsp3) is 0.500.